The SMILES string of the molecule is CCC(Oc1ccc(C(C)(C)CC)cc1C(C)(C)CC)C(=O)Nc1ccc(N2N=C(c3cccc(OC)c3)C(Oc3ccc(C)cc3)C2=O)cc1. The van der Waals surface area contributed by atoms with E-state index in [0.717, 1.165) is 29.7 Å². The first kappa shape index (κ1) is 37.2. The molecule has 0 aromatic heterocycles. The molecule has 0 radical (unpaired) electrons. The van der Waals surface area contributed by atoms with Crippen LogP contribution in [0.1, 0.15) is 90.0 Å². The minimum absolute atomic E-state index is 0.0292. The number of aryl methyl sites for hydroxylation is 1. The van der Waals surface area contributed by atoms with E-state index in [9.17, 15) is 9.59 Å². The van der Waals surface area contributed by atoms with Gasteiger partial charge in [-0.25, -0.2) is 0 Å². The maximum atomic E-state index is 13.9. The van der Waals surface area contributed by atoms with E-state index >= 15 is 0 Å². The molecule has 2 unspecified atom stereocenters. The first-order chi connectivity index (χ1) is 24.3. The first-order valence-corrected chi connectivity index (χ1v) is 17.8. The second kappa shape index (κ2) is 15.4. The summed E-state index contributed by atoms with van der Waals surface area (Å²) < 4.78 is 18.1. The number of hydrogen-bond acceptors (Lipinski definition) is 6. The van der Waals surface area contributed by atoms with Crippen LogP contribution in [-0.4, -0.2) is 36.8 Å². The Bertz CT molecular complexity index is 1880. The van der Waals surface area contributed by atoms with Crippen LogP contribution in [-0.2, 0) is 20.4 Å². The van der Waals surface area contributed by atoms with Crippen molar-refractivity contribution < 1.29 is 23.8 Å². The van der Waals surface area contributed by atoms with E-state index < -0.39 is 12.2 Å². The highest BCUT2D eigenvalue weighted by molar-refractivity contribution is 6.24. The van der Waals surface area contributed by atoms with Crippen molar-refractivity contribution in [3.05, 3.63) is 113 Å². The number of ether oxygens (including phenoxy) is 3. The Balaban J connectivity index is 1.36. The van der Waals surface area contributed by atoms with E-state index in [4.69, 9.17) is 19.3 Å². The molecule has 268 valence electrons. The third-order valence-electron chi connectivity index (χ3n) is 10.1. The van der Waals surface area contributed by atoms with Gasteiger partial charge in [0.15, 0.2) is 6.10 Å². The first-order valence-electron chi connectivity index (χ1n) is 17.8. The van der Waals surface area contributed by atoms with Crippen molar-refractivity contribution >= 4 is 28.9 Å². The average Bonchev–Trinajstić information content (AvgIpc) is 3.46. The van der Waals surface area contributed by atoms with Crippen molar-refractivity contribution in [3.63, 3.8) is 0 Å². The quantitative estimate of drug-likeness (QED) is 0.143. The topological polar surface area (TPSA) is 89.5 Å². The average molecular weight is 690 g/mol. The second-order valence-electron chi connectivity index (χ2n) is 14.4. The lowest BCUT2D eigenvalue weighted by atomic mass is 9.76. The van der Waals surface area contributed by atoms with Gasteiger partial charge in [-0.3, -0.25) is 9.59 Å². The highest BCUT2D eigenvalue weighted by Gasteiger charge is 2.40. The molecule has 8 heteroatoms. The Morgan fingerprint density at radius 1 is 0.863 bits per heavy atom. The fourth-order valence-corrected chi connectivity index (χ4v) is 5.83. The van der Waals surface area contributed by atoms with E-state index in [2.05, 4.69) is 59.0 Å². The van der Waals surface area contributed by atoms with Crippen molar-refractivity contribution in [2.75, 3.05) is 17.4 Å². The van der Waals surface area contributed by atoms with E-state index in [-0.39, 0.29) is 22.6 Å². The smallest absolute Gasteiger partial charge is 0.294 e. The minimum atomic E-state index is -0.966. The summed E-state index contributed by atoms with van der Waals surface area (Å²) in [6.45, 7) is 17.2. The Morgan fingerprint density at radius 2 is 1.55 bits per heavy atom. The van der Waals surface area contributed by atoms with Gasteiger partial charge >= 0.3 is 0 Å². The lowest BCUT2D eigenvalue weighted by Crippen LogP contribution is -2.37. The van der Waals surface area contributed by atoms with Crippen LogP contribution >= 0.6 is 0 Å². The molecule has 8 nitrogen and oxygen atoms in total. The van der Waals surface area contributed by atoms with Crippen LogP contribution in [0.3, 0.4) is 0 Å². The van der Waals surface area contributed by atoms with Crippen LogP contribution in [0.15, 0.2) is 96.1 Å². The molecule has 0 bridgehead atoms. The number of methoxy groups -OCH3 is 1. The van der Waals surface area contributed by atoms with Gasteiger partial charge in [-0.1, -0.05) is 90.4 Å². The predicted octanol–water partition coefficient (Wildman–Crippen LogP) is 9.37. The Morgan fingerprint density at radius 3 is 2.18 bits per heavy atom. The fourth-order valence-electron chi connectivity index (χ4n) is 5.83. The molecule has 0 spiro atoms. The standard InChI is InChI=1S/C43H51N3O5/c1-10-36(51-37-25-18-30(42(5,6)11-2)27-35(37)43(7,8)12-3)40(47)44-31-19-21-32(22-20-31)46-41(48)39(50-33-23-16-28(4)17-24-33)38(45-46)29-14-13-15-34(26-29)49-9/h13-27,36,39H,10-12H2,1-9H3,(H,44,47). The number of carbonyl (C=O) groups is 2. The highest BCUT2D eigenvalue weighted by Crippen LogP contribution is 2.39. The largest absolute Gasteiger partial charge is 0.497 e. The summed E-state index contributed by atoms with van der Waals surface area (Å²) in [6.07, 6.45) is 0.770. The van der Waals surface area contributed by atoms with Gasteiger partial charge in [-0.15, -0.1) is 0 Å². The summed E-state index contributed by atoms with van der Waals surface area (Å²) in [4.78, 5) is 27.4. The molecule has 0 saturated heterocycles. The van der Waals surface area contributed by atoms with Gasteiger partial charge in [0.1, 0.15) is 23.0 Å². The fraction of sp³-hybridized carbons (Fsp3) is 0.372. The van der Waals surface area contributed by atoms with Gasteiger partial charge in [0.2, 0.25) is 6.10 Å². The van der Waals surface area contributed by atoms with Crippen molar-refractivity contribution in [2.24, 2.45) is 5.10 Å². The van der Waals surface area contributed by atoms with Crippen LogP contribution in [0.2, 0.25) is 0 Å². The van der Waals surface area contributed by atoms with Crippen LogP contribution in [0.4, 0.5) is 11.4 Å². The molecule has 0 fully saturated rings. The monoisotopic (exact) mass is 689 g/mol. The molecular weight excluding hydrogens is 638 g/mol. The minimum Gasteiger partial charge on any atom is -0.497 e. The molecule has 4 aromatic carbocycles. The molecule has 0 aliphatic carbocycles. The van der Waals surface area contributed by atoms with E-state index in [1.165, 1.54) is 10.6 Å². The van der Waals surface area contributed by atoms with Crippen molar-refractivity contribution in [1.29, 1.82) is 0 Å². The Hall–Kier alpha value is -5.11. The van der Waals surface area contributed by atoms with Crippen molar-refractivity contribution in [3.8, 4) is 17.2 Å². The molecule has 0 saturated carbocycles. The zero-order valence-electron chi connectivity index (χ0n) is 31.4. The molecule has 1 N–H and O–H groups in total. The number of carbonyl (C=O) groups excluding carboxylic acids is 2. The number of anilines is 2. The Labute approximate surface area is 302 Å². The maximum Gasteiger partial charge on any atom is 0.294 e. The molecule has 1 aliphatic heterocycles. The second-order valence-corrected chi connectivity index (χ2v) is 14.4. The highest BCUT2D eigenvalue weighted by atomic mass is 16.5. The van der Waals surface area contributed by atoms with E-state index in [0.29, 0.717) is 40.6 Å². The number of nitrogens with zero attached hydrogens (tertiary/aromatic N) is 2. The molecule has 51 heavy (non-hydrogen) atoms. The third-order valence-corrected chi connectivity index (χ3v) is 10.1. The number of hydrazone groups is 1. The Kier molecular flexibility index (Phi) is 11.2. The van der Waals surface area contributed by atoms with Crippen LogP contribution in [0, 0.1) is 6.92 Å². The van der Waals surface area contributed by atoms with Gasteiger partial charge < -0.3 is 19.5 Å². The summed E-state index contributed by atoms with van der Waals surface area (Å²) >= 11 is 0. The summed E-state index contributed by atoms with van der Waals surface area (Å²) in [5, 5.41) is 9.09. The molecule has 1 aliphatic rings. The van der Waals surface area contributed by atoms with Gasteiger partial charge in [0, 0.05) is 16.8 Å². The third kappa shape index (κ3) is 8.28. The van der Waals surface area contributed by atoms with Crippen LogP contribution in [0.25, 0.3) is 0 Å². The molecule has 1 heterocycles. The lowest BCUT2D eigenvalue weighted by molar-refractivity contribution is -0.123. The number of rotatable bonds is 14. The zero-order valence-corrected chi connectivity index (χ0v) is 31.4. The van der Waals surface area contributed by atoms with E-state index in [1.54, 1.807) is 31.4 Å². The molecule has 5 rings (SSSR count). The molecule has 2 amide bonds. The summed E-state index contributed by atoms with van der Waals surface area (Å²) in [7, 11) is 1.60. The van der Waals surface area contributed by atoms with Crippen molar-refractivity contribution in [1.82, 2.24) is 0 Å². The van der Waals surface area contributed by atoms with Gasteiger partial charge in [0.25, 0.3) is 11.8 Å². The molecule has 4 aromatic rings. The van der Waals surface area contributed by atoms with Crippen LogP contribution in [0.5, 0.6) is 17.2 Å². The number of amides is 2. The maximum absolute atomic E-state index is 13.9. The van der Waals surface area contributed by atoms with Gasteiger partial charge in [0.05, 0.1) is 12.8 Å². The summed E-state index contributed by atoms with van der Waals surface area (Å²) in [5.74, 6) is 1.37. The predicted molar refractivity (Wildman–Crippen MR) is 205 cm³/mol. The van der Waals surface area contributed by atoms with Crippen molar-refractivity contribution in [2.45, 2.75) is 97.7 Å². The van der Waals surface area contributed by atoms with Crippen LogP contribution < -0.4 is 24.5 Å². The lowest BCUT2D eigenvalue weighted by Gasteiger charge is -2.31. The van der Waals surface area contributed by atoms with E-state index in [1.807, 2.05) is 68.4 Å². The summed E-state index contributed by atoms with van der Waals surface area (Å²) in [5.41, 5.74) is 5.65. The number of hydrogen-bond donors (Lipinski definition) is 1. The molecular formula is C43H51N3O5. The van der Waals surface area contributed by atoms with Gasteiger partial charge in [-0.05, 0) is 97.2 Å². The number of nitrogens with one attached hydrogen (secondary N) is 1. The zero-order chi connectivity index (χ0) is 36.9. The molecule has 2 atom stereocenters. The number of benzene rings is 4. The van der Waals surface area contributed by atoms with Gasteiger partial charge in [-0.2, -0.15) is 10.1 Å². The normalized spacial score (nSPS) is 15.3. The summed E-state index contributed by atoms with van der Waals surface area (Å²) in [6, 6.07) is 28.4.